The van der Waals surface area contributed by atoms with Crippen LogP contribution >= 0.6 is 0 Å². The van der Waals surface area contributed by atoms with E-state index in [1.807, 2.05) is 27.0 Å². The van der Waals surface area contributed by atoms with Crippen LogP contribution in [0.5, 0.6) is 0 Å². The van der Waals surface area contributed by atoms with Gasteiger partial charge in [0.25, 0.3) is 0 Å². The van der Waals surface area contributed by atoms with Crippen molar-refractivity contribution in [2.45, 2.75) is 52.4 Å². The Kier molecular flexibility index (Phi) is 17.7. The summed E-state index contributed by atoms with van der Waals surface area (Å²) < 4.78 is 0. The lowest BCUT2D eigenvalue weighted by atomic mass is 9.91. The maximum Gasteiger partial charge on any atom is 0.0655 e. The van der Waals surface area contributed by atoms with Crippen molar-refractivity contribution in [1.82, 2.24) is 5.32 Å². The molecule has 1 saturated carbocycles. The zero-order valence-corrected chi connectivity index (χ0v) is 10.9. The zero-order valence-electron chi connectivity index (χ0n) is 10.9. The molecule has 0 unspecified atom stereocenters. The molecule has 1 N–H and O–H groups in total. The Morgan fingerprint density at radius 3 is 1.94 bits per heavy atom. The summed E-state index contributed by atoms with van der Waals surface area (Å²) >= 11 is 0. The van der Waals surface area contributed by atoms with Gasteiger partial charge in [-0.1, -0.05) is 33.1 Å². The van der Waals surface area contributed by atoms with Crippen LogP contribution in [-0.4, -0.2) is 13.6 Å². The third-order valence-corrected chi connectivity index (χ3v) is 2.27. The van der Waals surface area contributed by atoms with Gasteiger partial charge in [-0.05, 0) is 19.9 Å². The standard InChI is InChI=1S/C7H11N.C4H8N2.C2H6/c8-6-7-4-2-1-3-5-7;1-6-4-2-3-5;1-2/h7H,1-5H2;6H,2,4H2,1H3;1-2H3. The van der Waals surface area contributed by atoms with E-state index in [-0.39, 0.29) is 0 Å². The number of hydrogen-bond acceptors (Lipinski definition) is 3. The van der Waals surface area contributed by atoms with E-state index in [4.69, 9.17) is 10.5 Å². The van der Waals surface area contributed by atoms with Crippen LogP contribution in [0.2, 0.25) is 0 Å². The highest BCUT2D eigenvalue weighted by molar-refractivity contribution is 4.84. The lowest BCUT2D eigenvalue weighted by molar-refractivity contribution is 0.427. The molecule has 0 amide bonds. The predicted molar refractivity (Wildman–Crippen MR) is 67.7 cm³/mol. The highest BCUT2D eigenvalue weighted by Gasteiger charge is 2.10. The second kappa shape index (κ2) is 16.4. The molecule has 0 aromatic heterocycles. The molecule has 3 nitrogen and oxygen atoms in total. The minimum absolute atomic E-state index is 0.392. The molecular formula is C13H25N3. The summed E-state index contributed by atoms with van der Waals surface area (Å²) in [4.78, 5) is 0. The Hall–Kier alpha value is -1.06. The van der Waals surface area contributed by atoms with Crippen LogP contribution < -0.4 is 5.32 Å². The minimum Gasteiger partial charge on any atom is -0.319 e. The fraction of sp³-hybridized carbons (Fsp3) is 0.846. The molecule has 0 heterocycles. The van der Waals surface area contributed by atoms with E-state index >= 15 is 0 Å². The van der Waals surface area contributed by atoms with Gasteiger partial charge < -0.3 is 5.32 Å². The van der Waals surface area contributed by atoms with Crippen LogP contribution in [0.1, 0.15) is 52.4 Å². The van der Waals surface area contributed by atoms with Crippen molar-refractivity contribution < 1.29 is 0 Å². The van der Waals surface area contributed by atoms with E-state index in [0.717, 1.165) is 19.4 Å². The third kappa shape index (κ3) is 12.9. The van der Waals surface area contributed by atoms with E-state index < -0.39 is 0 Å². The Balaban J connectivity index is 0. The largest absolute Gasteiger partial charge is 0.319 e. The molecular weight excluding hydrogens is 198 g/mol. The first-order chi connectivity index (χ1) is 7.85. The van der Waals surface area contributed by atoms with Gasteiger partial charge in [0.1, 0.15) is 0 Å². The van der Waals surface area contributed by atoms with Crippen LogP contribution in [0.15, 0.2) is 0 Å². The highest BCUT2D eigenvalue weighted by Crippen LogP contribution is 2.22. The predicted octanol–water partition coefficient (Wildman–Crippen LogP) is 3.24. The van der Waals surface area contributed by atoms with E-state index in [1.165, 1.54) is 19.3 Å². The Bertz CT molecular complexity index is 194. The first-order valence-corrected chi connectivity index (χ1v) is 6.26. The molecule has 1 rings (SSSR count). The van der Waals surface area contributed by atoms with Gasteiger partial charge in [0.15, 0.2) is 0 Å². The van der Waals surface area contributed by atoms with Crippen molar-refractivity contribution in [3.8, 4) is 12.1 Å². The van der Waals surface area contributed by atoms with Crippen molar-refractivity contribution in [2.24, 2.45) is 5.92 Å². The maximum absolute atomic E-state index is 8.44. The van der Waals surface area contributed by atoms with E-state index in [0.29, 0.717) is 12.3 Å². The molecule has 0 aliphatic heterocycles. The van der Waals surface area contributed by atoms with Gasteiger partial charge >= 0.3 is 0 Å². The van der Waals surface area contributed by atoms with Crippen molar-refractivity contribution in [2.75, 3.05) is 13.6 Å². The van der Waals surface area contributed by atoms with Gasteiger partial charge in [-0.2, -0.15) is 10.5 Å². The van der Waals surface area contributed by atoms with Crippen LogP contribution in [0, 0.1) is 28.6 Å². The van der Waals surface area contributed by atoms with Crippen molar-refractivity contribution in [1.29, 1.82) is 10.5 Å². The SMILES string of the molecule is CC.CNCCC#N.N#CC1CCCCC1. The topological polar surface area (TPSA) is 59.6 Å². The van der Waals surface area contributed by atoms with Crippen molar-refractivity contribution in [3.63, 3.8) is 0 Å². The molecule has 0 aromatic carbocycles. The second-order valence-electron chi connectivity index (χ2n) is 3.48. The molecule has 1 fully saturated rings. The van der Waals surface area contributed by atoms with Crippen LogP contribution in [-0.2, 0) is 0 Å². The molecule has 0 aromatic rings. The molecule has 3 heteroatoms. The van der Waals surface area contributed by atoms with E-state index in [1.54, 1.807) is 0 Å². The molecule has 16 heavy (non-hydrogen) atoms. The summed E-state index contributed by atoms with van der Waals surface area (Å²) in [6, 6.07) is 4.31. The monoisotopic (exact) mass is 223 g/mol. The average molecular weight is 223 g/mol. The van der Waals surface area contributed by atoms with Gasteiger partial charge in [-0.15, -0.1) is 0 Å². The summed E-state index contributed by atoms with van der Waals surface area (Å²) in [5.74, 6) is 0.392. The summed E-state index contributed by atoms with van der Waals surface area (Å²) in [6.45, 7) is 4.80. The van der Waals surface area contributed by atoms with Gasteiger partial charge in [0.2, 0.25) is 0 Å². The molecule has 0 spiro atoms. The maximum atomic E-state index is 8.44. The van der Waals surface area contributed by atoms with Crippen LogP contribution in [0.4, 0.5) is 0 Å². The molecule has 0 bridgehead atoms. The van der Waals surface area contributed by atoms with Gasteiger partial charge in [0.05, 0.1) is 12.1 Å². The molecule has 0 atom stereocenters. The summed E-state index contributed by atoms with van der Waals surface area (Å²) in [6.07, 6.45) is 6.80. The van der Waals surface area contributed by atoms with E-state index in [9.17, 15) is 0 Å². The quantitative estimate of drug-likeness (QED) is 0.731. The fourth-order valence-electron chi connectivity index (χ4n) is 1.41. The molecule has 1 aliphatic rings. The van der Waals surface area contributed by atoms with E-state index in [2.05, 4.69) is 11.4 Å². The number of nitrogens with zero attached hydrogens (tertiary/aromatic N) is 2. The number of nitriles is 2. The normalized spacial score (nSPS) is 14.3. The minimum atomic E-state index is 0.392. The lowest BCUT2D eigenvalue weighted by Gasteiger charge is -2.13. The van der Waals surface area contributed by atoms with Gasteiger partial charge in [-0.25, -0.2) is 0 Å². The number of rotatable bonds is 2. The Morgan fingerprint density at radius 2 is 1.69 bits per heavy atom. The Labute approximate surface area is 100 Å². The van der Waals surface area contributed by atoms with Crippen molar-refractivity contribution >= 4 is 0 Å². The average Bonchev–Trinajstić information content (AvgIpc) is 2.40. The van der Waals surface area contributed by atoms with Crippen LogP contribution in [0.3, 0.4) is 0 Å². The van der Waals surface area contributed by atoms with Crippen LogP contribution in [0.25, 0.3) is 0 Å². The van der Waals surface area contributed by atoms with Gasteiger partial charge in [-0.3, -0.25) is 0 Å². The fourth-order valence-corrected chi connectivity index (χ4v) is 1.41. The first-order valence-electron chi connectivity index (χ1n) is 6.26. The zero-order chi connectivity index (χ0) is 12.6. The number of hydrogen-bond donors (Lipinski definition) is 1. The third-order valence-electron chi connectivity index (χ3n) is 2.27. The van der Waals surface area contributed by atoms with Gasteiger partial charge in [0, 0.05) is 18.9 Å². The number of nitrogens with one attached hydrogen (secondary N) is 1. The molecule has 0 radical (unpaired) electrons. The summed E-state index contributed by atoms with van der Waals surface area (Å²) in [5, 5.41) is 19.2. The molecule has 1 aliphatic carbocycles. The highest BCUT2D eigenvalue weighted by atomic mass is 14.8. The summed E-state index contributed by atoms with van der Waals surface area (Å²) in [5.41, 5.74) is 0. The molecule has 92 valence electrons. The Morgan fingerprint density at radius 1 is 1.12 bits per heavy atom. The lowest BCUT2D eigenvalue weighted by Crippen LogP contribution is -2.05. The molecule has 0 saturated heterocycles. The first kappa shape index (κ1) is 17.3. The summed E-state index contributed by atoms with van der Waals surface area (Å²) in [7, 11) is 1.83. The van der Waals surface area contributed by atoms with Crippen molar-refractivity contribution in [3.05, 3.63) is 0 Å². The smallest absolute Gasteiger partial charge is 0.0655 e. The second-order valence-corrected chi connectivity index (χ2v) is 3.48.